The SMILES string of the molecule is Cc1cc(NC(N)=S)cc(-c2nn3cnnc3s2)c1O. The van der Waals surface area contributed by atoms with Crippen LogP contribution < -0.4 is 11.1 Å². The van der Waals surface area contributed by atoms with Gasteiger partial charge in [0, 0.05) is 5.69 Å². The highest BCUT2D eigenvalue weighted by molar-refractivity contribution is 7.80. The van der Waals surface area contributed by atoms with Crippen LogP contribution in [0.4, 0.5) is 5.69 Å². The molecule has 0 amide bonds. The quantitative estimate of drug-likeness (QED) is 0.487. The van der Waals surface area contributed by atoms with Crippen LogP contribution in [0.25, 0.3) is 15.5 Å². The molecule has 2 heterocycles. The summed E-state index contributed by atoms with van der Waals surface area (Å²) in [7, 11) is 0. The van der Waals surface area contributed by atoms with Crippen molar-refractivity contribution < 1.29 is 5.11 Å². The van der Waals surface area contributed by atoms with E-state index in [4.69, 9.17) is 18.0 Å². The van der Waals surface area contributed by atoms with Crippen molar-refractivity contribution in [2.45, 2.75) is 6.92 Å². The molecule has 0 atom stereocenters. The van der Waals surface area contributed by atoms with Gasteiger partial charge in [-0.2, -0.15) is 9.61 Å². The molecule has 0 unspecified atom stereocenters. The van der Waals surface area contributed by atoms with Crippen LogP contribution in [-0.2, 0) is 0 Å². The van der Waals surface area contributed by atoms with Gasteiger partial charge in [-0.1, -0.05) is 11.3 Å². The van der Waals surface area contributed by atoms with Gasteiger partial charge in [0.2, 0.25) is 4.96 Å². The van der Waals surface area contributed by atoms with Gasteiger partial charge in [0.05, 0.1) is 5.56 Å². The summed E-state index contributed by atoms with van der Waals surface area (Å²) < 4.78 is 1.56. The van der Waals surface area contributed by atoms with E-state index in [1.54, 1.807) is 23.6 Å². The number of phenols is 1. The summed E-state index contributed by atoms with van der Waals surface area (Å²) in [5.74, 6) is 0.170. The first kappa shape index (κ1) is 12.8. The largest absolute Gasteiger partial charge is 0.507 e. The smallest absolute Gasteiger partial charge is 0.234 e. The van der Waals surface area contributed by atoms with E-state index < -0.39 is 0 Å². The maximum Gasteiger partial charge on any atom is 0.234 e. The van der Waals surface area contributed by atoms with E-state index in [0.29, 0.717) is 26.8 Å². The van der Waals surface area contributed by atoms with Crippen LogP contribution in [0.15, 0.2) is 18.5 Å². The molecule has 20 heavy (non-hydrogen) atoms. The van der Waals surface area contributed by atoms with Crippen molar-refractivity contribution in [2.75, 3.05) is 5.32 Å². The standard InChI is InChI=1S/C11H10N6OS2/c1-5-2-6(14-10(12)19)3-7(8(5)18)9-16-17-4-13-15-11(17)20-9/h2-4,18H,1H3,(H3,12,14,19). The van der Waals surface area contributed by atoms with E-state index in [9.17, 15) is 5.11 Å². The van der Waals surface area contributed by atoms with E-state index in [-0.39, 0.29) is 10.9 Å². The number of nitrogens with zero attached hydrogens (tertiary/aromatic N) is 4. The molecule has 0 aliphatic carbocycles. The first-order valence-corrected chi connectivity index (χ1v) is 6.84. The zero-order valence-electron chi connectivity index (χ0n) is 10.4. The normalized spacial score (nSPS) is 10.8. The van der Waals surface area contributed by atoms with E-state index in [1.807, 2.05) is 0 Å². The van der Waals surface area contributed by atoms with E-state index >= 15 is 0 Å². The Morgan fingerprint density at radius 1 is 1.50 bits per heavy atom. The number of phenolic OH excluding ortho intramolecular Hbond substituents is 1. The van der Waals surface area contributed by atoms with Crippen molar-refractivity contribution in [1.29, 1.82) is 0 Å². The van der Waals surface area contributed by atoms with Gasteiger partial charge >= 0.3 is 0 Å². The van der Waals surface area contributed by atoms with Gasteiger partial charge in [-0.15, -0.1) is 10.2 Å². The molecule has 102 valence electrons. The van der Waals surface area contributed by atoms with Gasteiger partial charge in [-0.25, -0.2) is 0 Å². The minimum Gasteiger partial charge on any atom is -0.507 e. The van der Waals surface area contributed by atoms with E-state index in [0.717, 1.165) is 0 Å². The number of hydrogen-bond donors (Lipinski definition) is 3. The number of nitrogens with one attached hydrogen (secondary N) is 1. The minimum absolute atomic E-state index is 0.166. The molecule has 3 aromatic rings. The third kappa shape index (κ3) is 2.17. The molecular weight excluding hydrogens is 296 g/mol. The molecule has 0 saturated heterocycles. The number of hydrogen-bond acceptors (Lipinski definition) is 6. The van der Waals surface area contributed by atoms with Crippen LogP contribution in [-0.4, -0.2) is 30.0 Å². The van der Waals surface area contributed by atoms with Crippen molar-refractivity contribution in [3.63, 3.8) is 0 Å². The fourth-order valence-corrected chi connectivity index (χ4v) is 2.78. The summed E-state index contributed by atoms with van der Waals surface area (Å²) in [4.78, 5) is 0.657. The van der Waals surface area contributed by atoms with Gasteiger partial charge in [0.1, 0.15) is 12.1 Å². The second-order valence-corrected chi connectivity index (χ2v) is 5.54. The highest BCUT2D eigenvalue weighted by Crippen LogP contribution is 2.36. The monoisotopic (exact) mass is 306 g/mol. The Labute approximate surface area is 123 Å². The number of rotatable bonds is 2. The van der Waals surface area contributed by atoms with Gasteiger partial charge in [0.15, 0.2) is 10.1 Å². The second-order valence-electron chi connectivity index (χ2n) is 4.14. The molecule has 3 rings (SSSR count). The van der Waals surface area contributed by atoms with E-state index in [1.165, 1.54) is 17.7 Å². The summed E-state index contributed by atoms with van der Waals surface area (Å²) in [6.45, 7) is 1.80. The lowest BCUT2D eigenvalue weighted by atomic mass is 10.1. The van der Waals surface area contributed by atoms with Crippen molar-refractivity contribution in [1.82, 2.24) is 19.8 Å². The number of fused-ring (bicyclic) bond motifs is 1. The second kappa shape index (κ2) is 4.69. The third-order valence-electron chi connectivity index (χ3n) is 2.69. The zero-order valence-corrected chi connectivity index (χ0v) is 12.0. The molecule has 0 aliphatic rings. The van der Waals surface area contributed by atoms with Crippen LogP contribution in [0.1, 0.15) is 5.56 Å². The highest BCUT2D eigenvalue weighted by atomic mass is 32.1. The minimum atomic E-state index is 0.166. The highest BCUT2D eigenvalue weighted by Gasteiger charge is 2.15. The molecule has 4 N–H and O–H groups in total. The molecule has 1 aromatic carbocycles. The number of anilines is 1. The number of benzene rings is 1. The lowest BCUT2D eigenvalue weighted by Gasteiger charge is -2.09. The maximum atomic E-state index is 10.2. The number of aromatic nitrogens is 4. The fourth-order valence-electron chi connectivity index (χ4n) is 1.83. The predicted molar refractivity (Wildman–Crippen MR) is 80.9 cm³/mol. The van der Waals surface area contributed by atoms with Gasteiger partial charge in [-0.05, 0) is 36.8 Å². The number of thiocarbonyl (C=S) groups is 1. The van der Waals surface area contributed by atoms with Gasteiger partial charge < -0.3 is 16.2 Å². The zero-order chi connectivity index (χ0) is 14.3. The van der Waals surface area contributed by atoms with Crippen LogP contribution >= 0.6 is 23.6 Å². The Morgan fingerprint density at radius 2 is 2.30 bits per heavy atom. The first-order chi connectivity index (χ1) is 9.54. The molecule has 0 aliphatic heterocycles. The molecule has 9 heteroatoms. The topological polar surface area (TPSA) is 101 Å². The fraction of sp³-hybridized carbons (Fsp3) is 0.0909. The summed E-state index contributed by atoms with van der Waals surface area (Å²) in [5, 5.41) is 25.8. The van der Waals surface area contributed by atoms with Crippen molar-refractivity contribution in [2.24, 2.45) is 5.73 Å². The molecule has 0 bridgehead atoms. The summed E-state index contributed by atoms with van der Waals surface area (Å²) >= 11 is 6.15. The summed E-state index contributed by atoms with van der Waals surface area (Å²) in [6, 6.07) is 3.51. The Hall–Kier alpha value is -2.26. The average Bonchev–Trinajstić information content (AvgIpc) is 2.93. The van der Waals surface area contributed by atoms with Crippen molar-refractivity contribution >= 4 is 39.3 Å². The Kier molecular flexibility index (Phi) is 2.99. The lowest BCUT2D eigenvalue weighted by molar-refractivity contribution is 0.473. The lowest BCUT2D eigenvalue weighted by Crippen LogP contribution is -2.18. The van der Waals surface area contributed by atoms with Gasteiger partial charge in [0.25, 0.3) is 0 Å². The summed E-state index contributed by atoms with van der Waals surface area (Å²) in [5.41, 5.74) is 7.47. The predicted octanol–water partition coefficient (Wildman–Crippen LogP) is 1.52. The molecule has 2 aromatic heterocycles. The summed E-state index contributed by atoms with van der Waals surface area (Å²) in [6.07, 6.45) is 1.51. The maximum absolute atomic E-state index is 10.2. The van der Waals surface area contributed by atoms with Crippen LogP contribution in [0, 0.1) is 6.92 Å². The Balaban J connectivity index is 2.13. The molecule has 0 spiro atoms. The molecule has 0 saturated carbocycles. The van der Waals surface area contributed by atoms with E-state index in [2.05, 4.69) is 20.6 Å². The molecule has 7 nitrogen and oxygen atoms in total. The molecule has 0 radical (unpaired) electrons. The Bertz CT molecular complexity index is 780. The average molecular weight is 306 g/mol. The third-order valence-corrected chi connectivity index (χ3v) is 3.73. The Morgan fingerprint density at radius 3 is 3.00 bits per heavy atom. The first-order valence-electron chi connectivity index (χ1n) is 5.62. The molecular formula is C11H10N6OS2. The number of aryl methyl sites for hydroxylation is 1. The van der Waals surface area contributed by atoms with Crippen LogP contribution in [0.3, 0.4) is 0 Å². The van der Waals surface area contributed by atoms with Gasteiger partial charge in [-0.3, -0.25) is 0 Å². The molecule has 0 fully saturated rings. The van der Waals surface area contributed by atoms with Crippen LogP contribution in [0.2, 0.25) is 0 Å². The number of aromatic hydroxyl groups is 1. The number of nitrogens with two attached hydrogens (primary N) is 1. The van der Waals surface area contributed by atoms with Crippen LogP contribution in [0.5, 0.6) is 5.75 Å². The van der Waals surface area contributed by atoms with Crippen molar-refractivity contribution in [3.05, 3.63) is 24.0 Å². The van der Waals surface area contributed by atoms with Crippen molar-refractivity contribution in [3.8, 4) is 16.3 Å².